The highest BCUT2D eigenvalue weighted by Crippen LogP contribution is 2.28. The number of amides is 1. The van der Waals surface area contributed by atoms with Gasteiger partial charge in [-0.15, -0.1) is 0 Å². The second-order valence-corrected chi connectivity index (χ2v) is 6.37. The zero-order chi connectivity index (χ0) is 17.2. The third-order valence-corrected chi connectivity index (χ3v) is 4.65. The molecule has 0 bridgehead atoms. The molecule has 0 unspecified atom stereocenters. The van der Waals surface area contributed by atoms with E-state index in [9.17, 15) is 9.90 Å². The Morgan fingerprint density at radius 1 is 1.24 bits per heavy atom. The number of carbonyl (C=O) groups is 1. The Labute approximate surface area is 145 Å². The van der Waals surface area contributed by atoms with Gasteiger partial charge in [-0.25, -0.2) is 0 Å². The van der Waals surface area contributed by atoms with Crippen LogP contribution in [0, 0.1) is 0 Å². The quantitative estimate of drug-likeness (QED) is 0.669. The van der Waals surface area contributed by atoms with Gasteiger partial charge in [-0.1, -0.05) is 36.4 Å². The standard InChI is InChI=1S/C20H20N2O3/c23-12-15(9-14-11-21-17-7-3-2-6-16(14)17)22-20(24)19-10-13-5-1-4-8-18(13)25-19/h1-8,11,15,19,21,23H,9-10,12H2,(H,22,24)/t15-,19+/m1/s1. The third kappa shape index (κ3) is 3.10. The van der Waals surface area contributed by atoms with Crippen LogP contribution in [-0.2, 0) is 17.6 Å². The number of ether oxygens (including phenoxy) is 1. The lowest BCUT2D eigenvalue weighted by atomic mass is 10.0. The first kappa shape index (κ1) is 15.7. The fourth-order valence-corrected chi connectivity index (χ4v) is 3.35. The van der Waals surface area contributed by atoms with Gasteiger partial charge in [-0.2, -0.15) is 0 Å². The summed E-state index contributed by atoms with van der Waals surface area (Å²) in [5.74, 6) is 0.579. The Balaban J connectivity index is 1.43. The maximum absolute atomic E-state index is 12.5. The SMILES string of the molecule is O=C(N[C@@H](CO)Cc1c[nH]c2ccccc12)[C@@H]1Cc2ccccc2O1. The van der Waals surface area contributed by atoms with Crippen molar-refractivity contribution in [2.45, 2.75) is 25.0 Å². The number of aromatic amines is 1. The van der Waals surface area contributed by atoms with Gasteiger partial charge in [0.1, 0.15) is 5.75 Å². The number of carbonyl (C=O) groups excluding carboxylic acids is 1. The largest absolute Gasteiger partial charge is 0.480 e. The van der Waals surface area contributed by atoms with Gasteiger partial charge >= 0.3 is 0 Å². The molecule has 1 aromatic heterocycles. The molecule has 1 aliphatic rings. The van der Waals surface area contributed by atoms with Crippen molar-refractivity contribution >= 4 is 16.8 Å². The number of aromatic nitrogens is 1. The van der Waals surface area contributed by atoms with E-state index in [1.165, 1.54) is 0 Å². The molecular formula is C20H20N2O3. The molecular weight excluding hydrogens is 316 g/mol. The van der Waals surface area contributed by atoms with Gasteiger partial charge in [0, 0.05) is 23.5 Å². The van der Waals surface area contributed by atoms with Crippen LogP contribution in [0.1, 0.15) is 11.1 Å². The average Bonchev–Trinajstić information content (AvgIpc) is 3.25. The molecule has 0 spiro atoms. The lowest BCUT2D eigenvalue weighted by Crippen LogP contribution is -2.45. The lowest BCUT2D eigenvalue weighted by molar-refractivity contribution is -0.128. The van der Waals surface area contributed by atoms with Crippen LogP contribution >= 0.6 is 0 Å². The number of benzene rings is 2. The van der Waals surface area contributed by atoms with E-state index in [1.807, 2.05) is 54.7 Å². The molecule has 5 heteroatoms. The Bertz CT molecular complexity index is 878. The topological polar surface area (TPSA) is 74.4 Å². The Kier molecular flexibility index (Phi) is 4.15. The summed E-state index contributed by atoms with van der Waals surface area (Å²) in [6.07, 6.45) is 2.52. The highest BCUT2D eigenvalue weighted by molar-refractivity contribution is 5.84. The smallest absolute Gasteiger partial charge is 0.261 e. The summed E-state index contributed by atoms with van der Waals surface area (Å²) in [5.41, 5.74) is 3.17. The highest BCUT2D eigenvalue weighted by Gasteiger charge is 2.30. The van der Waals surface area contributed by atoms with Gasteiger partial charge < -0.3 is 20.1 Å². The molecule has 1 aliphatic heterocycles. The average molecular weight is 336 g/mol. The zero-order valence-corrected chi connectivity index (χ0v) is 13.7. The minimum Gasteiger partial charge on any atom is -0.480 e. The fraction of sp³-hybridized carbons (Fsp3) is 0.250. The number of hydrogen-bond donors (Lipinski definition) is 3. The number of para-hydroxylation sites is 2. The minimum absolute atomic E-state index is 0.120. The predicted octanol–water partition coefficient (Wildman–Crippen LogP) is 2.19. The van der Waals surface area contributed by atoms with Crippen LogP contribution in [0.15, 0.2) is 54.7 Å². The van der Waals surface area contributed by atoms with Gasteiger partial charge in [0.25, 0.3) is 5.91 Å². The number of rotatable bonds is 5. The van der Waals surface area contributed by atoms with E-state index in [0.29, 0.717) is 12.8 Å². The van der Waals surface area contributed by atoms with Crippen molar-refractivity contribution in [3.05, 3.63) is 65.9 Å². The van der Waals surface area contributed by atoms with Crippen LogP contribution in [0.4, 0.5) is 0 Å². The van der Waals surface area contributed by atoms with E-state index in [1.54, 1.807) is 0 Å². The van der Waals surface area contributed by atoms with Crippen molar-refractivity contribution < 1.29 is 14.6 Å². The van der Waals surface area contributed by atoms with E-state index >= 15 is 0 Å². The normalized spacial score (nSPS) is 17.1. The lowest BCUT2D eigenvalue weighted by Gasteiger charge is -2.18. The summed E-state index contributed by atoms with van der Waals surface area (Å²) in [5, 5.41) is 13.7. The maximum atomic E-state index is 12.5. The molecule has 4 rings (SSSR count). The third-order valence-electron chi connectivity index (χ3n) is 4.65. The summed E-state index contributed by atoms with van der Waals surface area (Å²) in [6.45, 7) is -0.120. The summed E-state index contributed by atoms with van der Waals surface area (Å²) in [7, 11) is 0. The van der Waals surface area contributed by atoms with Crippen molar-refractivity contribution in [1.29, 1.82) is 0 Å². The van der Waals surface area contributed by atoms with Crippen LogP contribution in [0.2, 0.25) is 0 Å². The van der Waals surface area contributed by atoms with Gasteiger partial charge in [0.05, 0.1) is 12.6 Å². The molecule has 3 aromatic rings. The molecule has 0 radical (unpaired) electrons. The molecule has 2 heterocycles. The van der Waals surface area contributed by atoms with Gasteiger partial charge in [-0.05, 0) is 29.7 Å². The van der Waals surface area contributed by atoms with E-state index in [0.717, 1.165) is 27.8 Å². The first-order chi connectivity index (χ1) is 12.2. The molecule has 5 nitrogen and oxygen atoms in total. The van der Waals surface area contributed by atoms with E-state index < -0.39 is 6.10 Å². The van der Waals surface area contributed by atoms with Gasteiger partial charge in [0.15, 0.2) is 6.10 Å². The molecule has 2 atom stereocenters. The molecule has 2 aromatic carbocycles. The van der Waals surface area contributed by atoms with Crippen molar-refractivity contribution in [2.75, 3.05) is 6.61 Å². The second kappa shape index (κ2) is 6.61. The van der Waals surface area contributed by atoms with Crippen molar-refractivity contribution in [3.63, 3.8) is 0 Å². The van der Waals surface area contributed by atoms with E-state index in [-0.39, 0.29) is 18.6 Å². The number of aliphatic hydroxyl groups excluding tert-OH is 1. The summed E-state index contributed by atoms with van der Waals surface area (Å²) >= 11 is 0. The number of hydrogen-bond acceptors (Lipinski definition) is 3. The Hall–Kier alpha value is -2.79. The zero-order valence-electron chi connectivity index (χ0n) is 13.7. The van der Waals surface area contributed by atoms with E-state index in [2.05, 4.69) is 10.3 Å². The predicted molar refractivity (Wildman–Crippen MR) is 95.6 cm³/mol. The van der Waals surface area contributed by atoms with Gasteiger partial charge in [-0.3, -0.25) is 4.79 Å². The molecule has 0 saturated heterocycles. The minimum atomic E-state index is -0.533. The van der Waals surface area contributed by atoms with Crippen LogP contribution in [0.5, 0.6) is 5.75 Å². The summed E-state index contributed by atoms with van der Waals surface area (Å²) in [4.78, 5) is 15.7. The molecule has 0 aliphatic carbocycles. The van der Waals surface area contributed by atoms with E-state index in [4.69, 9.17) is 4.74 Å². The summed E-state index contributed by atoms with van der Waals surface area (Å²) in [6, 6.07) is 15.3. The maximum Gasteiger partial charge on any atom is 0.261 e. The fourth-order valence-electron chi connectivity index (χ4n) is 3.35. The summed E-state index contributed by atoms with van der Waals surface area (Å²) < 4.78 is 5.72. The van der Waals surface area contributed by atoms with Crippen molar-refractivity contribution in [3.8, 4) is 5.75 Å². The number of aliphatic hydroxyl groups is 1. The monoisotopic (exact) mass is 336 g/mol. The molecule has 0 saturated carbocycles. The van der Waals surface area contributed by atoms with Crippen LogP contribution < -0.4 is 10.1 Å². The molecule has 3 N–H and O–H groups in total. The van der Waals surface area contributed by atoms with Gasteiger partial charge in [0.2, 0.25) is 0 Å². The first-order valence-electron chi connectivity index (χ1n) is 8.45. The number of H-pyrrole nitrogens is 1. The first-order valence-corrected chi connectivity index (χ1v) is 8.45. The van der Waals surface area contributed by atoms with Crippen molar-refractivity contribution in [2.24, 2.45) is 0 Å². The van der Waals surface area contributed by atoms with Crippen LogP contribution in [-0.4, -0.2) is 34.8 Å². The number of fused-ring (bicyclic) bond motifs is 2. The highest BCUT2D eigenvalue weighted by atomic mass is 16.5. The molecule has 128 valence electrons. The molecule has 25 heavy (non-hydrogen) atoms. The van der Waals surface area contributed by atoms with Crippen molar-refractivity contribution in [1.82, 2.24) is 10.3 Å². The van der Waals surface area contributed by atoms with Crippen LogP contribution in [0.25, 0.3) is 10.9 Å². The molecule has 0 fully saturated rings. The Morgan fingerprint density at radius 3 is 2.88 bits per heavy atom. The molecule has 1 amide bonds. The van der Waals surface area contributed by atoms with Crippen LogP contribution in [0.3, 0.4) is 0 Å². The number of nitrogens with one attached hydrogen (secondary N) is 2. The second-order valence-electron chi connectivity index (χ2n) is 6.37. The Morgan fingerprint density at radius 2 is 2.04 bits per heavy atom.